The van der Waals surface area contributed by atoms with Crippen molar-refractivity contribution in [1.29, 1.82) is 0 Å². The molecule has 2 N–H and O–H groups in total. The molecule has 0 aliphatic rings. The molecule has 5 heteroatoms. The van der Waals surface area contributed by atoms with E-state index in [2.05, 4.69) is 12.2 Å². The topological polar surface area (TPSA) is 66.4 Å². The van der Waals surface area contributed by atoms with Gasteiger partial charge in [-0.1, -0.05) is 0 Å². The minimum atomic E-state index is -0.927. The zero-order valence-electron chi connectivity index (χ0n) is 5.89. The van der Waals surface area contributed by atoms with Crippen LogP contribution < -0.4 is 56.7 Å². The van der Waals surface area contributed by atoms with Gasteiger partial charge >= 0.3 is 57.4 Å². The molecular formula is C5H8KNO3. The van der Waals surface area contributed by atoms with Gasteiger partial charge in [0.15, 0.2) is 0 Å². The maximum atomic E-state index is 10.0. The molecule has 0 rings (SSSR count). The molecule has 0 aromatic heterocycles. The summed E-state index contributed by atoms with van der Waals surface area (Å²) in [4.78, 5) is 19.8. The van der Waals surface area contributed by atoms with Crippen molar-refractivity contribution in [3.8, 4) is 0 Å². The van der Waals surface area contributed by atoms with Gasteiger partial charge in [0.1, 0.15) is 0 Å². The van der Waals surface area contributed by atoms with E-state index in [9.17, 15) is 9.59 Å². The summed E-state index contributed by atoms with van der Waals surface area (Å²) >= 11 is 0. The fraction of sp³-hybridized carbons (Fsp3) is 0.400. The Morgan fingerprint density at radius 3 is 2.30 bits per heavy atom. The van der Waals surface area contributed by atoms with Gasteiger partial charge in [-0.05, 0) is 0 Å². The van der Waals surface area contributed by atoms with Gasteiger partial charge in [-0.15, -0.1) is 0 Å². The molecule has 0 saturated heterocycles. The summed E-state index contributed by atoms with van der Waals surface area (Å²) in [5, 5.41) is 10.3. The largest absolute Gasteiger partial charge is 1.00 e. The van der Waals surface area contributed by atoms with E-state index >= 15 is 0 Å². The van der Waals surface area contributed by atoms with E-state index in [-0.39, 0.29) is 64.4 Å². The third kappa shape index (κ3) is 11.3. The van der Waals surface area contributed by atoms with Crippen molar-refractivity contribution >= 4 is 11.9 Å². The van der Waals surface area contributed by atoms with Gasteiger partial charge in [-0.3, -0.25) is 4.79 Å². The van der Waals surface area contributed by atoms with Gasteiger partial charge in [0.05, 0.1) is 12.3 Å². The van der Waals surface area contributed by atoms with Crippen molar-refractivity contribution in [2.45, 2.75) is 6.42 Å². The molecule has 52 valence electrons. The Bertz CT molecular complexity index is 112. The first-order valence-corrected chi connectivity index (χ1v) is 2.44. The fourth-order valence-corrected chi connectivity index (χ4v) is 0.309. The van der Waals surface area contributed by atoms with Crippen LogP contribution in [-0.4, -0.2) is 23.5 Å². The number of hydrogen-bond donors (Lipinski definition) is 2. The number of carboxylic acids is 1. The summed E-state index contributed by atoms with van der Waals surface area (Å²) in [6, 6.07) is 0. The van der Waals surface area contributed by atoms with Crippen molar-refractivity contribution < 1.29 is 66.1 Å². The molecule has 0 aliphatic carbocycles. The fourth-order valence-electron chi connectivity index (χ4n) is 0.309. The van der Waals surface area contributed by atoms with Crippen molar-refractivity contribution in [3.05, 3.63) is 6.92 Å². The van der Waals surface area contributed by atoms with E-state index in [0.29, 0.717) is 0 Å². The van der Waals surface area contributed by atoms with Crippen LogP contribution in [0.1, 0.15) is 6.42 Å². The van der Waals surface area contributed by atoms with Gasteiger partial charge in [0.2, 0.25) is 0 Å². The van der Waals surface area contributed by atoms with Crippen molar-refractivity contribution in [3.63, 3.8) is 0 Å². The molecule has 0 bridgehead atoms. The zero-order valence-corrected chi connectivity index (χ0v) is 9.01. The Morgan fingerprint density at radius 1 is 1.50 bits per heavy atom. The van der Waals surface area contributed by atoms with Gasteiger partial charge in [-0.2, -0.15) is 0 Å². The van der Waals surface area contributed by atoms with Crippen molar-refractivity contribution in [1.82, 2.24) is 5.32 Å². The summed E-state index contributed by atoms with van der Waals surface area (Å²) < 4.78 is 0. The van der Waals surface area contributed by atoms with E-state index in [1.54, 1.807) is 0 Å². The molecule has 0 fully saturated rings. The monoisotopic (exact) mass is 169 g/mol. The van der Waals surface area contributed by atoms with Crippen LogP contribution in [0.4, 0.5) is 0 Å². The zero-order chi connectivity index (χ0) is 7.28. The summed E-state index contributed by atoms with van der Waals surface area (Å²) in [6.45, 7) is 3.14. The maximum Gasteiger partial charge on any atom is 1.00 e. The minimum absolute atomic E-state index is 0. The van der Waals surface area contributed by atoms with Gasteiger partial charge in [-0.25, -0.2) is 0 Å². The van der Waals surface area contributed by atoms with Crippen LogP contribution in [0.5, 0.6) is 0 Å². The quantitative estimate of drug-likeness (QED) is 0.339. The smallest absolute Gasteiger partial charge is 0.481 e. The van der Waals surface area contributed by atoms with Crippen LogP contribution in [0.3, 0.4) is 0 Å². The average Bonchev–Trinajstić information content (AvgIpc) is 1.63. The first-order valence-electron chi connectivity index (χ1n) is 2.44. The molecular weight excluding hydrogens is 161 g/mol. The molecule has 1 amide bonds. The first kappa shape index (κ1) is 13.1. The molecule has 0 heterocycles. The van der Waals surface area contributed by atoms with Crippen LogP contribution in [-0.2, 0) is 9.59 Å². The molecule has 0 unspecified atom stereocenters. The molecule has 0 aromatic carbocycles. The molecule has 0 aromatic rings. The Balaban J connectivity index is 0. The number of aliphatic carboxylic acids is 1. The maximum absolute atomic E-state index is 10.0. The van der Waals surface area contributed by atoms with Crippen LogP contribution in [0.15, 0.2) is 0 Å². The van der Waals surface area contributed by atoms with E-state index in [1.807, 2.05) is 0 Å². The molecule has 4 nitrogen and oxygen atoms in total. The molecule has 0 aliphatic heterocycles. The SMILES string of the molecule is [CH2-]C(=O)NCCC(=O)O.[K+]. The third-order valence-electron chi connectivity index (χ3n) is 0.661. The Labute approximate surface area is 102 Å². The summed E-state index contributed by atoms with van der Waals surface area (Å²) in [5.41, 5.74) is 0. The number of carboxylic acid groups (broad SMARTS) is 1. The molecule has 0 spiro atoms. The van der Waals surface area contributed by atoms with E-state index in [4.69, 9.17) is 5.11 Å². The summed E-state index contributed by atoms with van der Waals surface area (Å²) in [7, 11) is 0. The Morgan fingerprint density at radius 2 is 2.00 bits per heavy atom. The number of rotatable bonds is 3. The summed E-state index contributed by atoms with van der Waals surface area (Å²) in [5.74, 6) is -1.37. The number of nitrogens with one attached hydrogen (secondary N) is 1. The predicted molar refractivity (Wildman–Crippen MR) is 30.6 cm³/mol. The van der Waals surface area contributed by atoms with Gasteiger partial charge < -0.3 is 22.1 Å². The van der Waals surface area contributed by atoms with Crippen LogP contribution >= 0.6 is 0 Å². The van der Waals surface area contributed by atoms with Gasteiger partial charge in [0, 0.05) is 6.54 Å². The van der Waals surface area contributed by atoms with Crippen LogP contribution in [0.2, 0.25) is 0 Å². The van der Waals surface area contributed by atoms with E-state index in [1.165, 1.54) is 0 Å². The minimum Gasteiger partial charge on any atom is -0.481 e. The Hall–Kier alpha value is 0.446. The second-order valence-electron chi connectivity index (χ2n) is 1.49. The summed E-state index contributed by atoms with van der Waals surface area (Å²) in [6.07, 6.45) is -0.0543. The van der Waals surface area contributed by atoms with E-state index in [0.717, 1.165) is 0 Å². The molecule has 0 saturated carbocycles. The van der Waals surface area contributed by atoms with Gasteiger partial charge in [0.25, 0.3) is 0 Å². The molecule has 0 radical (unpaired) electrons. The standard InChI is InChI=1S/C5H8NO3.K/c1-4(7)6-3-2-5(8)9;/h1-3H2,(H,6,7)(H,8,9);/q-1;+1. The first-order chi connectivity index (χ1) is 4.13. The molecule has 10 heavy (non-hydrogen) atoms. The average molecular weight is 169 g/mol. The van der Waals surface area contributed by atoms with Crippen molar-refractivity contribution in [2.24, 2.45) is 0 Å². The third-order valence-corrected chi connectivity index (χ3v) is 0.661. The normalized spacial score (nSPS) is 7.60. The van der Waals surface area contributed by atoms with Crippen molar-refractivity contribution in [2.75, 3.05) is 6.54 Å². The number of hydrogen-bond acceptors (Lipinski definition) is 2. The molecule has 0 atom stereocenters. The number of carbonyl (C=O) groups is 2. The number of amides is 1. The second-order valence-corrected chi connectivity index (χ2v) is 1.49. The second kappa shape index (κ2) is 7.55. The van der Waals surface area contributed by atoms with Crippen LogP contribution in [0, 0.1) is 6.92 Å². The predicted octanol–water partition coefficient (Wildman–Crippen LogP) is -3.58. The van der Waals surface area contributed by atoms with Crippen LogP contribution in [0.25, 0.3) is 0 Å². The number of carbonyl (C=O) groups excluding carboxylic acids is 1. The van der Waals surface area contributed by atoms with E-state index < -0.39 is 11.9 Å². The Kier molecular flexibility index (Phi) is 9.87.